The van der Waals surface area contributed by atoms with Crippen molar-refractivity contribution in [2.24, 2.45) is 16.0 Å². The molecule has 0 atom stereocenters. The number of nitrogens with one attached hydrogen (secondary N) is 1. The lowest BCUT2D eigenvalue weighted by molar-refractivity contribution is 0.889. The molecule has 0 fully saturated rings. The summed E-state index contributed by atoms with van der Waals surface area (Å²) in [6.07, 6.45) is 0. The van der Waals surface area contributed by atoms with Crippen LogP contribution in [0.25, 0.3) is 0 Å². The highest BCUT2D eigenvalue weighted by Gasteiger charge is 2.12. The van der Waals surface area contributed by atoms with Crippen molar-refractivity contribution in [3.63, 3.8) is 0 Å². The maximum Gasteiger partial charge on any atom is 0.301 e. The average Bonchev–Trinajstić information content (AvgIpc) is 2.65. The molecule has 0 unspecified atom stereocenters. The molecule has 0 aliphatic carbocycles. The van der Waals surface area contributed by atoms with Crippen LogP contribution in [0.5, 0.6) is 0 Å². The van der Waals surface area contributed by atoms with Gasteiger partial charge in [-0.3, -0.25) is 9.89 Å². The highest BCUT2D eigenvalue weighted by molar-refractivity contribution is 7.80. The van der Waals surface area contributed by atoms with Crippen molar-refractivity contribution in [1.82, 2.24) is 9.78 Å². The summed E-state index contributed by atoms with van der Waals surface area (Å²) in [5, 5.41) is 11.2. The van der Waals surface area contributed by atoms with Crippen molar-refractivity contribution < 1.29 is 0 Å². The van der Waals surface area contributed by atoms with Crippen molar-refractivity contribution >= 4 is 51.9 Å². The minimum atomic E-state index is -0.469. The minimum Gasteiger partial charge on any atom is -0.374 e. The quantitative estimate of drug-likeness (QED) is 0.654. The molecule has 0 bridgehead atoms. The first-order chi connectivity index (χ1) is 9.40. The monoisotopic (exact) mass is 329 g/mol. The number of aryl methyl sites for hydroxylation is 1. The van der Waals surface area contributed by atoms with Crippen molar-refractivity contribution in [3.05, 3.63) is 44.3 Å². The molecule has 9 heteroatoms. The third-order valence-corrected chi connectivity index (χ3v) is 3.15. The number of H-pyrrole nitrogens is 1. The molecule has 0 saturated heterocycles. The summed E-state index contributed by atoms with van der Waals surface area (Å²) in [6.45, 7) is 1.66. The maximum atomic E-state index is 11.9. The van der Waals surface area contributed by atoms with Crippen LogP contribution in [0.15, 0.2) is 33.2 Å². The van der Waals surface area contributed by atoms with Gasteiger partial charge in [0.2, 0.25) is 0 Å². The number of hydrogen-bond donors (Lipinski definition) is 2. The van der Waals surface area contributed by atoms with Gasteiger partial charge < -0.3 is 5.73 Å². The Bertz CT molecular complexity index is 765. The number of azo groups is 1. The summed E-state index contributed by atoms with van der Waals surface area (Å²) in [7, 11) is 0. The summed E-state index contributed by atoms with van der Waals surface area (Å²) in [5.74, 6) is 0. The Labute approximate surface area is 129 Å². The number of aromatic amines is 1. The number of nitrogens with zero attached hydrogens (tertiary/aromatic N) is 3. The van der Waals surface area contributed by atoms with Gasteiger partial charge in [-0.1, -0.05) is 23.2 Å². The minimum absolute atomic E-state index is 0.0934. The van der Waals surface area contributed by atoms with E-state index in [1.807, 2.05) is 0 Å². The van der Waals surface area contributed by atoms with Gasteiger partial charge in [0.1, 0.15) is 5.69 Å². The van der Waals surface area contributed by atoms with E-state index in [0.717, 1.165) is 4.68 Å². The lowest BCUT2D eigenvalue weighted by atomic mass is 10.3. The van der Waals surface area contributed by atoms with Gasteiger partial charge in [-0.15, -0.1) is 10.2 Å². The van der Waals surface area contributed by atoms with Crippen LogP contribution in [-0.4, -0.2) is 14.9 Å². The van der Waals surface area contributed by atoms with Crippen LogP contribution < -0.4 is 11.3 Å². The number of hydrogen-bond acceptors (Lipinski definition) is 4. The smallest absolute Gasteiger partial charge is 0.301 e. The van der Waals surface area contributed by atoms with Crippen LogP contribution in [-0.2, 0) is 0 Å². The second kappa shape index (κ2) is 5.74. The van der Waals surface area contributed by atoms with E-state index in [9.17, 15) is 4.79 Å². The molecule has 0 radical (unpaired) electrons. The van der Waals surface area contributed by atoms with Crippen molar-refractivity contribution in [2.45, 2.75) is 6.92 Å². The largest absolute Gasteiger partial charge is 0.374 e. The topological polar surface area (TPSA) is 88.5 Å². The number of halogens is 2. The van der Waals surface area contributed by atoms with E-state index in [0.29, 0.717) is 21.4 Å². The molecular formula is C11H9Cl2N5OS. The molecule has 1 aromatic heterocycles. The van der Waals surface area contributed by atoms with Crippen LogP contribution in [0.1, 0.15) is 5.69 Å². The van der Waals surface area contributed by atoms with Crippen LogP contribution in [0.3, 0.4) is 0 Å². The summed E-state index contributed by atoms with van der Waals surface area (Å²) in [6, 6.07) is 4.76. The Morgan fingerprint density at radius 2 is 2.10 bits per heavy atom. The standard InChI is InChI=1S/C11H9Cl2N5OS/c1-5-9(10(19)18(17-5)11(14)20)16-15-8-3-2-6(12)4-7(8)13/h2-4,17H,1H3,(H2,14,20). The predicted octanol–water partition coefficient (Wildman–Crippen LogP) is 3.30. The zero-order valence-corrected chi connectivity index (χ0v) is 12.6. The van der Waals surface area contributed by atoms with E-state index in [1.54, 1.807) is 19.1 Å². The zero-order valence-electron chi connectivity index (χ0n) is 10.2. The molecule has 20 heavy (non-hydrogen) atoms. The predicted molar refractivity (Wildman–Crippen MR) is 82.6 cm³/mol. The highest BCUT2D eigenvalue weighted by Crippen LogP contribution is 2.29. The van der Waals surface area contributed by atoms with Gasteiger partial charge in [0.15, 0.2) is 10.8 Å². The molecule has 1 heterocycles. The summed E-state index contributed by atoms with van der Waals surface area (Å²) in [5.41, 5.74) is 5.94. The molecule has 0 spiro atoms. The SMILES string of the molecule is Cc1[nH]n(C(N)=S)c(=O)c1N=Nc1ccc(Cl)cc1Cl. The number of aromatic nitrogens is 2. The van der Waals surface area contributed by atoms with Gasteiger partial charge >= 0.3 is 5.56 Å². The van der Waals surface area contributed by atoms with E-state index < -0.39 is 5.56 Å². The summed E-state index contributed by atoms with van der Waals surface area (Å²) in [4.78, 5) is 11.9. The molecular weight excluding hydrogens is 321 g/mol. The lowest BCUT2D eigenvalue weighted by Crippen LogP contribution is -2.29. The van der Waals surface area contributed by atoms with Gasteiger partial charge in [-0.2, -0.15) is 4.68 Å². The first kappa shape index (κ1) is 14.7. The van der Waals surface area contributed by atoms with E-state index in [2.05, 4.69) is 15.3 Å². The first-order valence-electron chi connectivity index (χ1n) is 5.38. The maximum absolute atomic E-state index is 11.9. The third kappa shape index (κ3) is 2.90. The van der Waals surface area contributed by atoms with Crippen LogP contribution in [0.4, 0.5) is 11.4 Å². The van der Waals surface area contributed by atoms with Gasteiger partial charge in [-0.25, -0.2) is 0 Å². The second-order valence-corrected chi connectivity index (χ2v) is 5.12. The van der Waals surface area contributed by atoms with Crippen molar-refractivity contribution in [3.8, 4) is 0 Å². The molecule has 0 aliphatic rings. The second-order valence-electron chi connectivity index (χ2n) is 3.86. The Morgan fingerprint density at radius 1 is 1.40 bits per heavy atom. The fourth-order valence-electron chi connectivity index (χ4n) is 1.48. The molecule has 2 aromatic rings. The average molecular weight is 330 g/mol. The number of nitrogens with two attached hydrogens (primary N) is 1. The highest BCUT2D eigenvalue weighted by atomic mass is 35.5. The van der Waals surface area contributed by atoms with Crippen molar-refractivity contribution in [1.29, 1.82) is 0 Å². The fourth-order valence-corrected chi connectivity index (χ4v) is 2.05. The third-order valence-electron chi connectivity index (χ3n) is 2.43. The zero-order chi connectivity index (χ0) is 14.9. The van der Waals surface area contributed by atoms with Crippen LogP contribution in [0, 0.1) is 6.92 Å². The van der Waals surface area contributed by atoms with Crippen LogP contribution >= 0.6 is 35.4 Å². The molecule has 3 N–H and O–H groups in total. The Kier molecular flexibility index (Phi) is 4.22. The van der Waals surface area contributed by atoms with E-state index in [-0.39, 0.29) is 10.8 Å². The normalized spacial score (nSPS) is 11.2. The fraction of sp³-hybridized carbons (Fsp3) is 0.0909. The van der Waals surface area contributed by atoms with E-state index in [1.165, 1.54) is 6.07 Å². The molecule has 2 rings (SSSR count). The Balaban J connectivity index is 2.42. The Morgan fingerprint density at radius 3 is 2.65 bits per heavy atom. The molecule has 0 amide bonds. The molecule has 1 aromatic carbocycles. The van der Waals surface area contributed by atoms with Crippen molar-refractivity contribution in [2.75, 3.05) is 0 Å². The molecule has 0 aliphatic heterocycles. The molecule has 6 nitrogen and oxygen atoms in total. The number of benzene rings is 1. The van der Waals surface area contributed by atoms with Gasteiger partial charge in [0, 0.05) is 5.02 Å². The van der Waals surface area contributed by atoms with Crippen LogP contribution in [0.2, 0.25) is 10.0 Å². The lowest BCUT2D eigenvalue weighted by Gasteiger charge is -1.96. The van der Waals surface area contributed by atoms with E-state index >= 15 is 0 Å². The van der Waals surface area contributed by atoms with Gasteiger partial charge in [0.05, 0.1) is 10.7 Å². The van der Waals surface area contributed by atoms with Gasteiger partial charge in [-0.05, 0) is 37.3 Å². The number of thiocarbonyl (C=S) groups is 1. The Hall–Kier alpha value is -1.70. The molecule has 0 saturated carbocycles. The first-order valence-corrected chi connectivity index (χ1v) is 6.55. The molecule has 104 valence electrons. The number of rotatable bonds is 2. The van der Waals surface area contributed by atoms with E-state index in [4.69, 9.17) is 41.2 Å². The summed E-state index contributed by atoms with van der Waals surface area (Å²) < 4.78 is 1.02. The van der Waals surface area contributed by atoms with Gasteiger partial charge in [0.25, 0.3) is 0 Å². The summed E-state index contributed by atoms with van der Waals surface area (Å²) >= 11 is 16.5.